The summed E-state index contributed by atoms with van der Waals surface area (Å²) >= 11 is 0. The van der Waals surface area contributed by atoms with E-state index in [4.69, 9.17) is 5.26 Å². The van der Waals surface area contributed by atoms with E-state index in [1.165, 1.54) is 36.0 Å². The van der Waals surface area contributed by atoms with Gasteiger partial charge in [-0.25, -0.2) is 0 Å². The van der Waals surface area contributed by atoms with Crippen LogP contribution in [-0.4, -0.2) is 0 Å². The van der Waals surface area contributed by atoms with E-state index in [2.05, 4.69) is 30.3 Å². The van der Waals surface area contributed by atoms with Gasteiger partial charge in [-0.3, -0.25) is 0 Å². The van der Waals surface area contributed by atoms with Crippen molar-refractivity contribution in [1.29, 1.82) is 5.26 Å². The summed E-state index contributed by atoms with van der Waals surface area (Å²) in [5.41, 5.74) is 3.91. The molecule has 0 fully saturated rings. The summed E-state index contributed by atoms with van der Waals surface area (Å²) < 4.78 is 0. The first-order valence-corrected chi connectivity index (χ1v) is 5.59. The molecule has 0 N–H and O–H groups in total. The van der Waals surface area contributed by atoms with Crippen molar-refractivity contribution in [3.8, 4) is 6.07 Å². The molecular weight excluding hydrogens is 182 g/mol. The van der Waals surface area contributed by atoms with Crippen molar-refractivity contribution < 1.29 is 0 Å². The summed E-state index contributed by atoms with van der Waals surface area (Å²) in [5.74, 6) is 0. The van der Waals surface area contributed by atoms with Gasteiger partial charge >= 0.3 is 0 Å². The number of allylic oxidation sites excluding steroid dienone is 2. The molecule has 0 radical (unpaired) electrons. The summed E-state index contributed by atoms with van der Waals surface area (Å²) in [6, 6.07) is 10.6. The van der Waals surface area contributed by atoms with E-state index in [9.17, 15) is 0 Å². The monoisotopic (exact) mass is 197 g/mol. The van der Waals surface area contributed by atoms with E-state index >= 15 is 0 Å². The molecule has 1 nitrogen and oxygen atoms in total. The fourth-order valence-electron chi connectivity index (χ4n) is 2.22. The van der Waals surface area contributed by atoms with Gasteiger partial charge in [-0.1, -0.05) is 30.7 Å². The first-order chi connectivity index (χ1) is 7.42. The van der Waals surface area contributed by atoms with Crippen molar-refractivity contribution in [3.63, 3.8) is 0 Å². The maximum absolute atomic E-state index is 8.78. The molecule has 0 bridgehead atoms. The molecule has 0 saturated heterocycles. The lowest BCUT2D eigenvalue weighted by Gasteiger charge is -2.15. The highest BCUT2D eigenvalue weighted by molar-refractivity contribution is 5.70. The van der Waals surface area contributed by atoms with Crippen LogP contribution in [0.1, 0.15) is 36.8 Å². The number of fused-ring (bicyclic) bond motifs is 1. The van der Waals surface area contributed by atoms with Crippen molar-refractivity contribution in [2.75, 3.05) is 0 Å². The van der Waals surface area contributed by atoms with E-state index in [-0.39, 0.29) is 0 Å². The van der Waals surface area contributed by atoms with Crippen LogP contribution in [0.15, 0.2) is 30.3 Å². The second-order valence-electron chi connectivity index (χ2n) is 4.02. The standard InChI is InChI=1S/C14H15N/c15-11-10-13-7-3-1-2-6-12-8-4-5-9-14(12)13/h4-5,8-10H,1-3,6-7H2/b13-10-. The Balaban J connectivity index is 2.44. The van der Waals surface area contributed by atoms with Crippen LogP contribution in [0.25, 0.3) is 5.57 Å². The first kappa shape index (κ1) is 9.98. The van der Waals surface area contributed by atoms with E-state index in [1.54, 1.807) is 6.08 Å². The topological polar surface area (TPSA) is 23.8 Å². The van der Waals surface area contributed by atoms with Gasteiger partial charge in [-0.05, 0) is 42.4 Å². The minimum atomic E-state index is 1.05. The van der Waals surface area contributed by atoms with E-state index in [0.29, 0.717) is 0 Å². The van der Waals surface area contributed by atoms with Gasteiger partial charge in [-0.15, -0.1) is 0 Å². The Kier molecular flexibility index (Phi) is 3.19. The average molecular weight is 197 g/mol. The lowest BCUT2D eigenvalue weighted by Crippen LogP contribution is -1.98. The Labute approximate surface area is 91.0 Å². The predicted molar refractivity (Wildman–Crippen MR) is 62.2 cm³/mol. The second kappa shape index (κ2) is 4.79. The Morgan fingerprint density at radius 2 is 1.87 bits per heavy atom. The molecule has 1 aromatic rings. The molecule has 0 saturated carbocycles. The van der Waals surface area contributed by atoms with Gasteiger partial charge < -0.3 is 0 Å². The number of hydrogen-bond acceptors (Lipinski definition) is 1. The van der Waals surface area contributed by atoms with Crippen LogP contribution in [0, 0.1) is 11.3 Å². The number of rotatable bonds is 0. The molecule has 2 rings (SSSR count). The average Bonchev–Trinajstić information content (AvgIpc) is 2.24. The molecule has 0 heterocycles. The Bertz CT molecular complexity index is 410. The van der Waals surface area contributed by atoms with E-state index < -0.39 is 0 Å². The Morgan fingerprint density at radius 1 is 1.07 bits per heavy atom. The van der Waals surface area contributed by atoms with E-state index in [1.807, 2.05) is 0 Å². The number of hydrogen-bond donors (Lipinski definition) is 0. The number of benzene rings is 1. The maximum atomic E-state index is 8.78. The van der Waals surface area contributed by atoms with Crippen LogP contribution in [0.2, 0.25) is 0 Å². The molecule has 1 aliphatic carbocycles. The first-order valence-electron chi connectivity index (χ1n) is 5.59. The Morgan fingerprint density at radius 3 is 2.73 bits per heavy atom. The SMILES string of the molecule is N#C/C=C1/CCCCCc2ccccc21. The number of nitrogens with zero attached hydrogens (tertiary/aromatic N) is 1. The van der Waals surface area contributed by atoms with Crippen LogP contribution in [0.4, 0.5) is 0 Å². The zero-order valence-electron chi connectivity index (χ0n) is 8.87. The molecule has 1 aliphatic rings. The fraction of sp³-hybridized carbons (Fsp3) is 0.357. The third kappa shape index (κ3) is 2.27. The highest BCUT2D eigenvalue weighted by Crippen LogP contribution is 2.28. The van der Waals surface area contributed by atoms with Crippen molar-refractivity contribution in [3.05, 3.63) is 41.5 Å². The summed E-state index contributed by atoms with van der Waals surface area (Å²) in [5, 5.41) is 8.78. The summed E-state index contributed by atoms with van der Waals surface area (Å²) in [6.07, 6.45) is 7.67. The predicted octanol–water partition coefficient (Wildman–Crippen LogP) is 3.71. The molecule has 0 spiro atoms. The Hall–Kier alpha value is -1.55. The summed E-state index contributed by atoms with van der Waals surface area (Å²) in [6.45, 7) is 0. The molecule has 1 heteroatoms. The van der Waals surface area contributed by atoms with Crippen LogP contribution < -0.4 is 0 Å². The van der Waals surface area contributed by atoms with Crippen molar-refractivity contribution in [2.24, 2.45) is 0 Å². The summed E-state index contributed by atoms with van der Waals surface area (Å²) in [7, 11) is 0. The maximum Gasteiger partial charge on any atom is 0.0915 e. The van der Waals surface area contributed by atoms with Crippen molar-refractivity contribution in [2.45, 2.75) is 32.1 Å². The molecule has 76 valence electrons. The second-order valence-corrected chi connectivity index (χ2v) is 4.02. The molecule has 0 aromatic heterocycles. The zero-order chi connectivity index (χ0) is 10.5. The molecule has 0 aliphatic heterocycles. The van der Waals surface area contributed by atoms with Crippen LogP contribution in [-0.2, 0) is 6.42 Å². The molecular formula is C14H15N. The lowest BCUT2D eigenvalue weighted by molar-refractivity contribution is 0.680. The minimum absolute atomic E-state index is 1.05. The molecule has 0 amide bonds. The van der Waals surface area contributed by atoms with Crippen LogP contribution >= 0.6 is 0 Å². The number of nitriles is 1. The molecule has 0 atom stereocenters. The third-order valence-corrected chi connectivity index (χ3v) is 2.99. The number of aryl methyl sites for hydroxylation is 1. The lowest BCUT2D eigenvalue weighted by atomic mass is 9.89. The van der Waals surface area contributed by atoms with Crippen molar-refractivity contribution >= 4 is 5.57 Å². The summed E-state index contributed by atoms with van der Waals surface area (Å²) in [4.78, 5) is 0. The van der Waals surface area contributed by atoms with E-state index in [0.717, 1.165) is 12.8 Å². The molecule has 1 aromatic carbocycles. The van der Waals surface area contributed by atoms with Gasteiger partial charge in [0.2, 0.25) is 0 Å². The van der Waals surface area contributed by atoms with Gasteiger partial charge in [0.25, 0.3) is 0 Å². The fourth-order valence-corrected chi connectivity index (χ4v) is 2.22. The molecule has 0 unspecified atom stereocenters. The quantitative estimate of drug-likeness (QED) is 0.582. The van der Waals surface area contributed by atoms with Gasteiger partial charge in [0, 0.05) is 6.08 Å². The van der Waals surface area contributed by atoms with Crippen LogP contribution in [0.3, 0.4) is 0 Å². The van der Waals surface area contributed by atoms with Crippen LogP contribution in [0.5, 0.6) is 0 Å². The van der Waals surface area contributed by atoms with Gasteiger partial charge in [-0.2, -0.15) is 5.26 Å². The smallest absolute Gasteiger partial charge is 0.0915 e. The highest BCUT2D eigenvalue weighted by atomic mass is 14.2. The normalized spacial score (nSPS) is 18.7. The minimum Gasteiger partial charge on any atom is -0.193 e. The highest BCUT2D eigenvalue weighted by Gasteiger charge is 2.10. The third-order valence-electron chi connectivity index (χ3n) is 2.99. The van der Waals surface area contributed by atoms with Gasteiger partial charge in [0.1, 0.15) is 0 Å². The molecule has 15 heavy (non-hydrogen) atoms. The van der Waals surface area contributed by atoms with Gasteiger partial charge in [0.15, 0.2) is 0 Å². The van der Waals surface area contributed by atoms with Crippen molar-refractivity contribution in [1.82, 2.24) is 0 Å². The zero-order valence-corrected chi connectivity index (χ0v) is 8.87. The largest absolute Gasteiger partial charge is 0.193 e. The van der Waals surface area contributed by atoms with Gasteiger partial charge in [0.05, 0.1) is 6.07 Å².